The van der Waals surface area contributed by atoms with E-state index in [0.717, 1.165) is 0 Å². The summed E-state index contributed by atoms with van der Waals surface area (Å²) in [7, 11) is 2.50. The number of nitrogens with zero attached hydrogens (tertiary/aromatic N) is 2. The van der Waals surface area contributed by atoms with Crippen LogP contribution in [0.25, 0.3) is 4.85 Å². The highest BCUT2D eigenvalue weighted by molar-refractivity contribution is 7.44. The first kappa shape index (κ1) is 25.2. The monoisotopic (exact) mass is 445 g/mol. The second kappa shape index (κ2) is 11.0. The molecule has 0 saturated carbocycles. The molecule has 2 unspecified atom stereocenters. The summed E-state index contributed by atoms with van der Waals surface area (Å²) in [5.41, 5.74) is 0. The molecule has 1 aliphatic rings. The summed E-state index contributed by atoms with van der Waals surface area (Å²) in [5, 5.41) is 4.97. The molecule has 1 aliphatic heterocycles. The summed E-state index contributed by atoms with van der Waals surface area (Å²) in [5.74, 6) is 0. The van der Waals surface area contributed by atoms with Crippen molar-refractivity contribution in [3.05, 3.63) is 11.4 Å². The van der Waals surface area contributed by atoms with Crippen LogP contribution in [-0.2, 0) is 18.2 Å². The van der Waals surface area contributed by atoms with Crippen molar-refractivity contribution in [2.75, 3.05) is 13.2 Å². The second-order valence-corrected chi connectivity index (χ2v) is 15.6. The molecule has 0 aromatic heterocycles. The minimum atomic E-state index is -2.17. The number of aliphatic hydroxyl groups is 1. The van der Waals surface area contributed by atoms with Crippen molar-refractivity contribution >= 4 is 24.7 Å². The summed E-state index contributed by atoms with van der Waals surface area (Å²) >= 11 is 0. The Morgan fingerprint density at radius 1 is 1.31 bits per heavy atom. The summed E-state index contributed by atoms with van der Waals surface area (Å²) < 4.78 is 34.1. The van der Waals surface area contributed by atoms with E-state index in [1.54, 1.807) is 0 Å². The molecule has 1 rings (SSSR count). The molecule has 29 heavy (non-hydrogen) atoms. The Kier molecular flexibility index (Phi) is 9.58. The molecule has 2 radical (unpaired) electrons. The van der Waals surface area contributed by atoms with Crippen LogP contribution in [0.2, 0.25) is 18.1 Å². The van der Waals surface area contributed by atoms with Crippen LogP contribution in [0.1, 0.15) is 48.5 Å². The minimum absolute atomic E-state index is 0.0280. The fraction of sp³-hybridized carbons (Fsp3) is 0.947. The maximum Gasteiger partial charge on any atom is 0.261 e. The number of hydrogen-bond acceptors (Lipinski definition) is 6. The van der Waals surface area contributed by atoms with Crippen LogP contribution in [0.15, 0.2) is 0 Å². The van der Waals surface area contributed by atoms with Crippen LogP contribution in [-0.4, -0.2) is 77.1 Å². The largest absolute Gasteiger partial charge is 0.409 e. The van der Waals surface area contributed by atoms with E-state index in [1.165, 1.54) is 0 Å². The SMILES string of the molecule is [2H]O[C@@H]1C(O[Si](C)(C)C(C)(C)C)[C@H]([B])O[C@@H]1OP(OCC[N+]#[C-])N(C(C)C)C(C)C. The number of hydrogen-bond donors (Lipinski definition) is 1. The molecular weight excluding hydrogens is 406 g/mol. The number of aliphatic hydroxyl groups excluding tert-OH is 1. The quantitative estimate of drug-likeness (QED) is 0.225. The van der Waals surface area contributed by atoms with E-state index in [9.17, 15) is 0 Å². The first-order valence-electron chi connectivity index (χ1n) is 10.6. The van der Waals surface area contributed by atoms with Gasteiger partial charge < -0.3 is 23.6 Å². The van der Waals surface area contributed by atoms with E-state index in [4.69, 9.17) is 39.2 Å². The van der Waals surface area contributed by atoms with Gasteiger partial charge in [-0.1, -0.05) is 20.8 Å². The van der Waals surface area contributed by atoms with Crippen LogP contribution >= 0.6 is 8.53 Å². The van der Waals surface area contributed by atoms with E-state index in [1.807, 2.05) is 0 Å². The van der Waals surface area contributed by atoms with Crippen molar-refractivity contribution in [2.24, 2.45) is 0 Å². The lowest BCUT2D eigenvalue weighted by molar-refractivity contribution is -0.104. The zero-order valence-electron chi connectivity index (χ0n) is 20.3. The predicted octanol–water partition coefficient (Wildman–Crippen LogP) is 3.89. The molecule has 0 aromatic carbocycles. The molecule has 1 fully saturated rings. The van der Waals surface area contributed by atoms with Crippen LogP contribution in [0.4, 0.5) is 0 Å². The van der Waals surface area contributed by atoms with Gasteiger partial charge in [-0.25, -0.2) is 11.2 Å². The van der Waals surface area contributed by atoms with Gasteiger partial charge >= 0.3 is 0 Å². The van der Waals surface area contributed by atoms with Gasteiger partial charge in [0, 0.05) is 18.1 Å². The summed E-state index contributed by atoms with van der Waals surface area (Å²) in [4.78, 5) is 3.35. The molecule has 0 aliphatic carbocycles. The van der Waals surface area contributed by atoms with Crippen LogP contribution in [0.5, 0.6) is 0 Å². The van der Waals surface area contributed by atoms with Crippen molar-refractivity contribution in [1.29, 1.82) is 1.43 Å². The number of rotatable bonds is 11. The van der Waals surface area contributed by atoms with Crippen LogP contribution in [0.3, 0.4) is 0 Å². The van der Waals surface area contributed by atoms with Crippen molar-refractivity contribution in [3.8, 4) is 0 Å². The lowest BCUT2D eigenvalue weighted by Crippen LogP contribution is -2.49. The lowest BCUT2D eigenvalue weighted by atomic mass is 9.94. The first-order chi connectivity index (χ1) is 13.8. The van der Waals surface area contributed by atoms with E-state index in [-0.39, 0.29) is 30.3 Å². The Bertz CT molecular complexity index is 568. The topological polar surface area (TPSA) is 64.8 Å². The summed E-state index contributed by atoms with van der Waals surface area (Å²) in [6, 6.07) is -0.478. The average Bonchev–Trinajstić information content (AvgIpc) is 2.87. The lowest BCUT2D eigenvalue weighted by Gasteiger charge is -2.40. The van der Waals surface area contributed by atoms with Gasteiger partial charge in [-0.05, 0) is 45.8 Å². The van der Waals surface area contributed by atoms with Gasteiger partial charge in [0.2, 0.25) is 7.98 Å². The molecule has 10 heteroatoms. The van der Waals surface area contributed by atoms with Gasteiger partial charge in [-0.3, -0.25) is 4.52 Å². The van der Waals surface area contributed by atoms with Gasteiger partial charge in [0.05, 0.1) is 6.10 Å². The Morgan fingerprint density at radius 3 is 2.34 bits per heavy atom. The molecule has 1 saturated heterocycles. The van der Waals surface area contributed by atoms with Gasteiger partial charge in [0.25, 0.3) is 8.53 Å². The third-order valence-electron chi connectivity index (χ3n) is 5.29. The van der Waals surface area contributed by atoms with Crippen molar-refractivity contribution in [1.82, 2.24) is 4.67 Å². The molecule has 1 N–H and O–H groups in total. The molecule has 5 atom stereocenters. The zero-order chi connectivity index (χ0) is 23.3. The minimum Gasteiger partial charge on any atom is -0.409 e. The molecule has 1 heterocycles. The van der Waals surface area contributed by atoms with Crippen molar-refractivity contribution < 1.29 is 23.3 Å². The smallest absolute Gasteiger partial charge is 0.261 e. The Balaban J connectivity index is 3.05. The molecule has 0 bridgehead atoms. The summed E-state index contributed by atoms with van der Waals surface area (Å²) in [6.07, 6.45) is -2.31. The molecule has 0 spiro atoms. The third-order valence-corrected chi connectivity index (χ3v) is 11.9. The summed E-state index contributed by atoms with van der Waals surface area (Å²) in [6.45, 7) is 26.4. The Hall–Kier alpha value is -0.0382. The fourth-order valence-corrected chi connectivity index (χ4v) is 5.71. The second-order valence-electron chi connectivity index (χ2n) is 9.40. The standard InChI is InChI=1S/C19H38BN2O5PSi/c1-13(2)22(14(3)4)28(24-12-11-21-8)26-18-15(23)16(17(20)25-18)27-29(9,10)19(5,6)7/h13-18,23H,11-12H2,1-7,9-10H3/t15-,16?,17-,18-,28?/m1/s1/i23D. The van der Waals surface area contributed by atoms with Gasteiger partial charge in [0.1, 0.15) is 20.6 Å². The normalized spacial score (nSPS) is 27.5. The highest BCUT2D eigenvalue weighted by atomic mass is 31.2. The predicted molar refractivity (Wildman–Crippen MR) is 120 cm³/mol. The van der Waals surface area contributed by atoms with E-state index >= 15 is 0 Å². The fourth-order valence-electron chi connectivity index (χ4n) is 2.77. The van der Waals surface area contributed by atoms with Crippen LogP contribution in [0, 0.1) is 6.57 Å². The maximum absolute atomic E-state index is 7.64. The molecular formula is C19H38BN2O5PSi. The average molecular weight is 445 g/mol. The highest BCUT2D eigenvalue weighted by Gasteiger charge is 2.49. The molecule has 0 aromatic rings. The van der Waals surface area contributed by atoms with E-state index in [2.05, 4.69) is 71.1 Å². The first-order valence-corrected chi connectivity index (χ1v) is 14.2. The van der Waals surface area contributed by atoms with Crippen LogP contribution < -0.4 is 0 Å². The van der Waals surface area contributed by atoms with E-state index < -0.39 is 41.3 Å². The highest BCUT2D eigenvalue weighted by Crippen LogP contribution is 2.49. The third kappa shape index (κ3) is 7.26. The Labute approximate surface area is 182 Å². The van der Waals surface area contributed by atoms with Gasteiger partial charge in [-0.15, -0.1) is 0 Å². The molecule has 7 nitrogen and oxygen atoms in total. The Morgan fingerprint density at radius 2 is 1.90 bits per heavy atom. The van der Waals surface area contributed by atoms with Gasteiger partial charge in [0.15, 0.2) is 14.6 Å². The zero-order valence-corrected chi connectivity index (χ0v) is 21.2. The van der Waals surface area contributed by atoms with Crippen molar-refractivity contribution in [2.45, 2.75) is 103 Å². The molecule has 166 valence electrons. The van der Waals surface area contributed by atoms with E-state index in [0.29, 0.717) is 0 Å². The van der Waals surface area contributed by atoms with Crippen molar-refractivity contribution in [3.63, 3.8) is 0 Å². The van der Waals surface area contributed by atoms with Gasteiger partial charge in [-0.2, -0.15) is 0 Å². The maximum atomic E-state index is 7.64. The number of ether oxygens (including phenoxy) is 1. The molecule has 0 amide bonds.